The minimum atomic E-state index is -1.11. The molecule has 2 heterocycles. The maximum atomic E-state index is 14.0. The Hall–Kier alpha value is -5.24. The van der Waals surface area contributed by atoms with Gasteiger partial charge in [0.15, 0.2) is 5.78 Å². The summed E-state index contributed by atoms with van der Waals surface area (Å²) in [4.78, 5) is 60.3. The number of anilines is 2. The third kappa shape index (κ3) is 8.23. The number of nitrogens with zero attached hydrogens (tertiary/aromatic N) is 2. The first-order valence-corrected chi connectivity index (χ1v) is 15.3. The van der Waals surface area contributed by atoms with Gasteiger partial charge in [-0.1, -0.05) is 67.4 Å². The van der Waals surface area contributed by atoms with Gasteiger partial charge >= 0.3 is 0 Å². The molecular formula is C37H36N4O4. The maximum Gasteiger partial charge on any atom is 0.239 e. The van der Waals surface area contributed by atoms with Crippen molar-refractivity contribution in [3.05, 3.63) is 108 Å². The van der Waals surface area contributed by atoms with E-state index in [1.807, 2.05) is 54.6 Å². The zero-order valence-electron chi connectivity index (χ0n) is 25.3. The van der Waals surface area contributed by atoms with E-state index in [4.69, 9.17) is 0 Å². The lowest BCUT2D eigenvalue weighted by Gasteiger charge is -2.18. The molecule has 0 bridgehead atoms. The van der Waals surface area contributed by atoms with Gasteiger partial charge in [0.2, 0.25) is 11.8 Å². The first-order chi connectivity index (χ1) is 21.9. The third-order valence-electron chi connectivity index (χ3n) is 7.77. The number of hydrogen-bond acceptors (Lipinski definition) is 6. The highest BCUT2D eigenvalue weighted by Gasteiger charge is 2.29. The van der Waals surface area contributed by atoms with E-state index in [1.165, 1.54) is 0 Å². The summed E-state index contributed by atoms with van der Waals surface area (Å²) in [7, 11) is 0. The van der Waals surface area contributed by atoms with Gasteiger partial charge in [-0.15, -0.1) is 0 Å². The van der Waals surface area contributed by atoms with Crippen molar-refractivity contribution in [2.45, 2.75) is 57.8 Å². The van der Waals surface area contributed by atoms with Crippen molar-refractivity contribution in [3.8, 4) is 0 Å². The van der Waals surface area contributed by atoms with Gasteiger partial charge < -0.3 is 15.4 Å². The van der Waals surface area contributed by atoms with E-state index in [-0.39, 0.29) is 23.9 Å². The Morgan fingerprint density at radius 2 is 1.29 bits per heavy atom. The van der Waals surface area contributed by atoms with E-state index in [0.717, 1.165) is 47.5 Å². The number of fused-ring (bicyclic) bond motifs is 2. The van der Waals surface area contributed by atoms with Gasteiger partial charge in [-0.05, 0) is 61.2 Å². The molecule has 2 aromatic heterocycles. The molecule has 0 fully saturated rings. The fraction of sp³-hybridized carbons (Fsp3) is 0.243. The molecule has 0 saturated heterocycles. The van der Waals surface area contributed by atoms with Crippen LogP contribution in [0.15, 0.2) is 97.3 Å². The molecule has 3 aromatic carbocycles. The highest BCUT2D eigenvalue weighted by molar-refractivity contribution is 6.14. The average molecular weight is 601 g/mol. The Morgan fingerprint density at radius 1 is 0.667 bits per heavy atom. The van der Waals surface area contributed by atoms with Crippen LogP contribution in [0.5, 0.6) is 0 Å². The molecule has 8 nitrogen and oxygen atoms in total. The Kier molecular flexibility index (Phi) is 10.4. The van der Waals surface area contributed by atoms with Crippen LogP contribution in [-0.2, 0) is 25.6 Å². The second kappa shape index (κ2) is 15.0. The van der Waals surface area contributed by atoms with Crippen molar-refractivity contribution in [3.63, 3.8) is 0 Å². The van der Waals surface area contributed by atoms with Crippen LogP contribution in [0.3, 0.4) is 0 Å². The summed E-state index contributed by atoms with van der Waals surface area (Å²) < 4.78 is 0. The van der Waals surface area contributed by atoms with Gasteiger partial charge in [0, 0.05) is 48.1 Å². The molecule has 0 aliphatic rings. The highest BCUT2D eigenvalue weighted by atomic mass is 16.2. The van der Waals surface area contributed by atoms with E-state index in [0.29, 0.717) is 35.3 Å². The number of benzene rings is 3. The molecule has 8 heteroatoms. The number of amides is 2. The van der Waals surface area contributed by atoms with Gasteiger partial charge in [0.25, 0.3) is 0 Å². The zero-order chi connectivity index (χ0) is 31.6. The van der Waals surface area contributed by atoms with Gasteiger partial charge in [-0.25, -0.2) is 0 Å². The smallest absolute Gasteiger partial charge is 0.239 e. The van der Waals surface area contributed by atoms with Crippen LogP contribution in [0.4, 0.5) is 11.4 Å². The van der Waals surface area contributed by atoms with Crippen molar-refractivity contribution in [1.82, 2.24) is 9.97 Å². The number of unbranched alkanes of at least 4 members (excludes halogenated alkanes) is 3. The minimum absolute atomic E-state index is 0.0190. The number of aromatic nitrogens is 2. The fourth-order valence-corrected chi connectivity index (χ4v) is 5.49. The fourth-order valence-electron chi connectivity index (χ4n) is 5.49. The van der Waals surface area contributed by atoms with Crippen molar-refractivity contribution >= 4 is 56.6 Å². The molecular weight excluding hydrogens is 564 g/mol. The Morgan fingerprint density at radius 3 is 2.00 bits per heavy atom. The molecule has 45 heavy (non-hydrogen) atoms. The predicted molar refractivity (Wildman–Crippen MR) is 177 cm³/mol. The lowest BCUT2D eigenvalue weighted by Crippen LogP contribution is -2.29. The standard InChI is InChI=1S/C37H36N4O4/c1-25(42)10-4-2-3-5-17-33(44)40-30-20-18-26(19-21-30)34(32(43)24-29-13-6-11-27-14-8-22-38-35(27)29)37(45)41-31-16-7-12-28-15-9-23-39-36(28)31/h6-9,11-16,18-23,34H,2-5,10,17,24H2,1H3,(H,40,44)(H,41,45). The first-order valence-electron chi connectivity index (χ1n) is 15.3. The summed E-state index contributed by atoms with van der Waals surface area (Å²) >= 11 is 0. The predicted octanol–water partition coefficient (Wildman–Crippen LogP) is 7.19. The number of para-hydroxylation sites is 2. The first kappa shape index (κ1) is 31.2. The molecule has 228 valence electrons. The maximum absolute atomic E-state index is 14.0. The molecule has 0 aliphatic heterocycles. The molecule has 0 radical (unpaired) electrons. The van der Waals surface area contributed by atoms with E-state index in [9.17, 15) is 19.2 Å². The lowest BCUT2D eigenvalue weighted by molar-refractivity contribution is -0.127. The Balaban J connectivity index is 1.33. The normalized spacial score (nSPS) is 11.7. The average Bonchev–Trinajstić information content (AvgIpc) is 3.04. The summed E-state index contributed by atoms with van der Waals surface area (Å²) in [6, 6.07) is 25.6. The number of pyridine rings is 2. The van der Waals surface area contributed by atoms with E-state index in [1.54, 1.807) is 49.6 Å². The number of carbonyl (C=O) groups is 4. The van der Waals surface area contributed by atoms with E-state index in [2.05, 4.69) is 20.6 Å². The third-order valence-corrected chi connectivity index (χ3v) is 7.77. The largest absolute Gasteiger partial charge is 0.326 e. The summed E-state index contributed by atoms with van der Waals surface area (Å²) in [6.07, 6.45) is 7.72. The van der Waals surface area contributed by atoms with Crippen LogP contribution in [0.2, 0.25) is 0 Å². The van der Waals surface area contributed by atoms with Gasteiger partial charge in [0.1, 0.15) is 11.7 Å². The van der Waals surface area contributed by atoms with Crippen LogP contribution in [0.25, 0.3) is 21.8 Å². The molecule has 0 aliphatic carbocycles. The summed E-state index contributed by atoms with van der Waals surface area (Å²) in [5.74, 6) is -1.77. The minimum Gasteiger partial charge on any atom is -0.326 e. The van der Waals surface area contributed by atoms with Crippen LogP contribution in [-0.4, -0.2) is 33.3 Å². The number of hydrogen-bond donors (Lipinski definition) is 2. The monoisotopic (exact) mass is 600 g/mol. The van der Waals surface area contributed by atoms with Gasteiger partial charge in [-0.2, -0.15) is 0 Å². The van der Waals surface area contributed by atoms with Crippen LogP contribution >= 0.6 is 0 Å². The number of nitrogens with one attached hydrogen (secondary N) is 2. The number of Topliss-reactive ketones (excluding diaryl/α,β-unsaturated/α-hetero) is 2. The Labute approximate surface area is 262 Å². The SMILES string of the molecule is CC(=O)CCCCCCC(=O)Nc1ccc(C(C(=O)Cc2cccc3cccnc23)C(=O)Nc2cccc3cccnc23)cc1. The molecule has 1 atom stereocenters. The molecule has 0 saturated carbocycles. The molecule has 1 unspecified atom stereocenters. The van der Waals surface area contributed by atoms with E-state index < -0.39 is 11.8 Å². The summed E-state index contributed by atoms with van der Waals surface area (Å²) in [6.45, 7) is 1.59. The lowest BCUT2D eigenvalue weighted by atomic mass is 9.89. The molecule has 0 spiro atoms. The second-order valence-corrected chi connectivity index (χ2v) is 11.2. The van der Waals surface area contributed by atoms with Gasteiger partial charge in [0.05, 0.1) is 16.7 Å². The van der Waals surface area contributed by atoms with Gasteiger partial charge in [-0.3, -0.25) is 24.4 Å². The van der Waals surface area contributed by atoms with Crippen molar-refractivity contribution in [1.29, 1.82) is 0 Å². The van der Waals surface area contributed by atoms with Crippen molar-refractivity contribution in [2.24, 2.45) is 0 Å². The van der Waals surface area contributed by atoms with Crippen LogP contribution in [0, 0.1) is 0 Å². The molecule has 5 aromatic rings. The molecule has 5 rings (SSSR count). The van der Waals surface area contributed by atoms with Crippen LogP contribution in [0.1, 0.15) is 62.5 Å². The second-order valence-electron chi connectivity index (χ2n) is 11.2. The van der Waals surface area contributed by atoms with Crippen molar-refractivity contribution < 1.29 is 19.2 Å². The summed E-state index contributed by atoms with van der Waals surface area (Å²) in [5.41, 5.74) is 3.73. The molecule has 2 N–H and O–H groups in total. The highest BCUT2D eigenvalue weighted by Crippen LogP contribution is 2.27. The van der Waals surface area contributed by atoms with Crippen molar-refractivity contribution in [2.75, 3.05) is 10.6 Å². The number of rotatable bonds is 14. The quantitative estimate of drug-likeness (QED) is 0.103. The topological polar surface area (TPSA) is 118 Å². The van der Waals surface area contributed by atoms with Crippen LogP contribution < -0.4 is 10.6 Å². The number of carbonyl (C=O) groups excluding carboxylic acids is 4. The Bertz CT molecular complexity index is 1730. The van der Waals surface area contributed by atoms with E-state index >= 15 is 0 Å². The number of ketones is 2. The summed E-state index contributed by atoms with van der Waals surface area (Å²) in [5, 5.41) is 7.64. The zero-order valence-corrected chi connectivity index (χ0v) is 25.3. The molecule has 2 amide bonds.